The van der Waals surface area contributed by atoms with E-state index in [2.05, 4.69) is 4.74 Å². The van der Waals surface area contributed by atoms with Gasteiger partial charge in [-0.25, -0.2) is 0 Å². The number of hydrogen-bond acceptors (Lipinski definition) is 3. The number of benzene rings is 1. The molecule has 0 heterocycles. The molecule has 9 heteroatoms. The van der Waals surface area contributed by atoms with Crippen molar-refractivity contribution < 1.29 is 35.9 Å². The zero-order valence-electron chi connectivity index (χ0n) is 11.1. The third kappa shape index (κ3) is 4.13. The average molecular weight is 325 g/mol. The smallest absolute Gasteiger partial charge is 0.417 e. The lowest BCUT2D eigenvalue weighted by atomic mass is 9.95. The number of alkyl halides is 6. The minimum Gasteiger partial charge on any atom is -0.466 e. The first-order valence-corrected chi connectivity index (χ1v) is 5.87. The van der Waals surface area contributed by atoms with E-state index in [1.165, 1.54) is 13.0 Å². The SMILES string of the molecule is CCOC(=O)Cc1cc(C#N)cc(C(F)(F)F)c1C(F)(F)F. The van der Waals surface area contributed by atoms with Crippen LogP contribution in [0.4, 0.5) is 26.3 Å². The van der Waals surface area contributed by atoms with E-state index in [9.17, 15) is 31.1 Å². The van der Waals surface area contributed by atoms with Gasteiger partial charge in [0.15, 0.2) is 0 Å². The third-order valence-corrected chi connectivity index (χ3v) is 2.58. The number of nitrogens with zero attached hydrogens (tertiary/aromatic N) is 1. The molecule has 0 aliphatic carbocycles. The Kier molecular flexibility index (Phi) is 5.06. The standard InChI is InChI=1S/C13H9F6NO2/c1-2-22-10(21)5-8-3-7(6-20)4-9(12(14,15)16)11(8)13(17,18)19/h3-4H,2,5H2,1H3. The molecule has 0 unspecified atom stereocenters. The van der Waals surface area contributed by atoms with E-state index in [4.69, 9.17) is 5.26 Å². The lowest BCUT2D eigenvalue weighted by Crippen LogP contribution is -2.21. The summed E-state index contributed by atoms with van der Waals surface area (Å²) in [4.78, 5) is 11.3. The van der Waals surface area contributed by atoms with Crippen LogP contribution >= 0.6 is 0 Å². The maximum absolute atomic E-state index is 13.0. The van der Waals surface area contributed by atoms with Gasteiger partial charge in [-0.15, -0.1) is 0 Å². The van der Waals surface area contributed by atoms with E-state index in [1.54, 1.807) is 0 Å². The van der Waals surface area contributed by atoms with Gasteiger partial charge in [0, 0.05) is 0 Å². The van der Waals surface area contributed by atoms with Crippen LogP contribution in [0.5, 0.6) is 0 Å². The molecule has 22 heavy (non-hydrogen) atoms. The second-order valence-electron chi connectivity index (χ2n) is 4.15. The summed E-state index contributed by atoms with van der Waals surface area (Å²) >= 11 is 0. The molecule has 0 amide bonds. The van der Waals surface area contributed by atoms with Crippen LogP contribution in [0.25, 0.3) is 0 Å². The lowest BCUT2D eigenvalue weighted by molar-refractivity contribution is -0.162. The number of carbonyl (C=O) groups is 1. The zero-order chi connectivity index (χ0) is 17.1. The van der Waals surface area contributed by atoms with Crippen LogP contribution in [0.1, 0.15) is 29.2 Å². The zero-order valence-corrected chi connectivity index (χ0v) is 11.1. The highest BCUT2D eigenvalue weighted by atomic mass is 19.4. The number of nitriles is 1. The molecule has 0 aromatic heterocycles. The van der Waals surface area contributed by atoms with E-state index in [1.807, 2.05) is 0 Å². The second kappa shape index (κ2) is 6.25. The van der Waals surface area contributed by atoms with Gasteiger partial charge in [0.2, 0.25) is 0 Å². The van der Waals surface area contributed by atoms with Crippen LogP contribution in [0.2, 0.25) is 0 Å². The first-order valence-electron chi connectivity index (χ1n) is 5.87. The maximum atomic E-state index is 13.0. The van der Waals surface area contributed by atoms with Gasteiger partial charge >= 0.3 is 18.3 Å². The summed E-state index contributed by atoms with van der Waals surface area (Å²) in [5.74, 6) is -1.11. The minimum absolute atomic E-state index is 0.109. The van der Waals surface area contributed by atoms with Crippen molar-refractivity contribution in [2.45, 2.75) is 25.7 Å². The van der Waals surface area contributed by atoms with E-state index in [0.29, 0.717) is 6.07 Å². The Bertz CT molecular complexity index is 613. The Morgan fingerprint density at radius 3 is 2.18 bits per heavy atom. The summed E-state index contributed by atoms with van der Waals surface area (Å²) < 4.78 is 81.9. The molecular formula is C13H9F6NO2. The van der Waals surface area contributed by atoms with E-state index < -0.39 is 47.0 Å². The first-order chi connectivity index (χ1) is 10.0. The van der Waals surface area contributed by atoms with Crippen molar-refractivity contribution in [1.29, 1.82) is 5.26 Å². The monoisotopic (exact) mass is 325 g/mol. The predicted octanol–water partition coefficient (Wildman–Crippen LogP) is 3.70. The fraction of sp³-hybridized carbons (Fsp3) is 0.385. The molecule has 3 nitrogen and oxygen atoms in total. The molecule has 1 aromatic carbocycles. The van der Waals surface area contributed by atoms with Crippen molar-refractivity contribution in [3.05, 3.63) is 34.4 Å². The molecular weight excluding hydrogens is 316 g/mol. The van der Waals surface area contributed by atoms with Crippen molar-refractivity contribution >= 4 is 5.97 Å². The van der Waals surface area contributed by atoms with Gasteiger partial charge in [-0.05, 0) is 24.6 Å². The fourth-order valence-corrected chi connectivity index (χ4v) is 1.83. The lowest BCUT2D eigenvalue weighted by Gasteiger charge is -2.19. The quantitative estimate of drug-likeness (QED) is 0.629. The predicted molar refractivity (Wildman–Crippen MR) is 61.5 cm³/mol. The number of carbonyl (C=O) groups excluding carboxylic acids is 1. The van der Waals surface area contributed by atoms with Crippen molar-refractivity contribution in [3.63, 3.8) is 0 Å². The molecule has 1 aromatic rings. The molecule has 0 radical (unpaired) electrons. The fourth-order valence-electron chi connectivity index (χ4n) is 1.83. The third-order valence-electron chi connectivity index (χ3n) is 2.58. The summed E-state index contributed by atoms with van der Waals surface area (Å²) in [6.07, 6.45) is -11.7. The van der Waals surface area contributed by atoms with Crippen LogP contribution in [-0.2, 0) is 28.3 Å². The molecule has 0 fully saturated rings. The number of rotatable bonds is 3. The highest BCUT2D eigenvalue weighted by Crippen LogP contribution is 2.42. The molecule has 0 atom stereocenters. The minimum atomic E-state index is -5.33. The summed E-state index contributed by atoms with van der Waals surface area (Å²) in [5, 5.41) is 8.67. The number of halogens is 6. The normalized spacial score (nSPS) is 11.9. The van der Waals surface area contributed by atoms with Gasteiger partial charge in [-0.1, -0.05) is 0 Å². The summed E-state index contributed by atoms with van der Waals surface area (Å²) in [5.41, 5.74) is -5.55. The highest BCUT2D eigenvalue weighted by molar-refractivity contribution is 5.73. The summed E-state index contributed by atoms with van der Waals surface area (Å²) in [6, 6.07) is 2.06. The number of esters is 1. The van der Waals surface area contributed by atoms with Crippen molar-refractivity contribution in [1.82, 2.24) is 0 Å². The Morgan fingerprint density at radius 2 is 1.77 bits per heavy atom. The Morgan fingerprint density at radius 1 is 1.18 bits per heavy atom. The van der Waals surface area contributed by atoms with Gasteiger partial charge in [0.05, 0.1) is 35.8 Å². The topological polar surface area (TPSA) is 50.1 Å². The van der Waals surface area contributed by atoms with Crippen molar-refractivity contribution in [2.75, 3.05) is 6.61 Å². The molecule has 0 saturated heterocycles. The molecule has 0 saturated carbocycles. The first kappa shape index (κ1) is 17.8. The highest BCUT2D eigenvalue weighted by Gasteiger charge is 2.45. The molecule has 1 rings (SSSR count). The van der Waals surface area contributed by atoms with Gasteiger partial charge in [-0.3, -0.25) is 4.79 Å². The van der Waals surface area contributed by atoms with Crippen LogP contribution in [0, 0.1) is 11.3 Å². The molecule has 120 valence electrons. The molecule has 0 aliphatic heterocycles. The Balaban J connectivity index is 3.59. The van der Waals surface area contributed by atoms with E-state index in [-0.39, 0.29) is 12.7 Å². The van der Waals surface area contributed by atoms with Gasteiger partial charge in [-0.2, -0.15) is 31.6 Å². The summed E-state index contributed by atoms with van der Waals surface area (Å²) in [7, 11) is 0. The average Bonchev–Trinajstić information content (AvgIpc) is 2.35. The van der Waals surface area contributed by atoms with E-state index in [0.717, 1.165) is 0 Å². The van der Waals surface area contributed by atoms with Gasteiger partial charge in [0.25, 0.3) is 0 Å². The Labute approximate surface area is 121 Å². The second-order valence-corrected chi connectivity index (χ2v) is 4.15. The van der Waals surface area contributed by atoms with E-state index >= 15 is 0 Å². The molecule has 0 bridgehead atoms. The number of hydrogen-bond donors (Lipinski definition) is 0. The van der Waals surface area contributed by atoms with Crippen molar-refractivity contribution in [3.8, 4) is 6.07 Å². The van der Waals surface area contributed by atoms with Crippen LogP contribution in [-0.4, -0.2) is 12.6 Å². The molecule has 0 N–H and O–H groups in total. The van der Waals surface area contributed by atoms with Crippen LogP contribution < -0.4 is 0 Å². The van der Waals surface area contributed by atoms with Gasteiger partial charge in [0.1, 0.15) is 0 Å². The number of ether oxygens (including phenoxy) is 1. The maximum Gasteiger partial charge on any atom is 0.417 e. The molecule has 0 spiro atoms. The summed E-state index contributed by atoms with van der Waals surface area (Å²) in [6.45, 7) is 1.26. The van der Waals surface area contributed by atoms with Crippen LogP contribution in [0.3, 0.4) is 0 Å². The Hall–Kier alpha value is -2.24. The largest absolute Gasteiger partial charge is 0.466 e. The molecule has 0 aliphatic rings. The van der Waals surface area contributed by atoms with Crippen molar-refractivity contribution in [2.24, 2.45) is 0 Å². The van der Waals surface area contributed by atoms with Gasteiger partial charge < -0.3 is 4.74 Å². The van der Waals surface area contributed by atoms with Crippen LogP contribution in [0.15, 0.2) is 12.1 Å².